The maximum atomic E-state index is 12.3. The lowest BCUT2D eigenvalue weighted by Crippen LogP contribution is -2.48. The first-order chi connectivity index (χ1) is 8.11. The summed E-state index contributed by atoms with van der Waals surface area (Å²) in [6.07, 6.45) is 1.76. The van der Waals surface area contributed by atoms with E-state index in [0.717, 1.165) is 37.6 Å². The molecule has 1 aromatic rings. The monoisotopic (exact) mass is 236 g/mol. The van der Waals surface area contributed by atoms with Crippen molar-refractivity contribution in [3.8, 4) is 0 Å². The van der Waals surface area contributed by atoms with E-state index in [2.05, 4.69) is 10.3 Å². The number of carbonyl (C=O) groups is 1. The smallest absolute Gasteiger partial charge is 0.245 e. The molecule has 5 heteroatoms. The van der Waals surface area contributed by atoms with Gasteiger partial charge in [-0.25, -0.2) is 4.98 Å². The van der Waals surface area contributed by atoms with Gasteiger partial charge in [0.25, 0.3) is 0 Å². The van der Waals surface area contributed by atoms with E-state index in [1.807, 2.05) is 30.2 Å². The third-order valence-corrected chi connectivity index (χ3v) is 3.49. The molecule has 0 bridgehead atoms. The van der Waals surface area contributed by atoms with Crippen LogP contribution in [0.4, 0.5) is 0 Å². The van der Waals surface area contributed by atoms with E-state index < -0.39 is 0 Å². The van der Waals surface area contributed by atoms with Gasteiger partial charge in [-0.05, 0) is 20.8 Å². The number of aryl methyl sites for hydroxylation is 1. The van der Waals surface area contributed by atoms with Crippen LogP contribution in [0.1, 0.15) is 24.4 Å². The third-order valence-electron chi connectivity index (χ3n) is 3.49. The van der Waals surface area contributed by atoms with Crippen molar-refractivity contribution in [2.24, 2.45) is 0 Å². The minimum atomic E-state index is -0.158. The van der Waals surface area contributed by atoms with Gasteiger partial charge in [-0.1, -0.05) is 0 Å². The van der Waals surface area contributed by atoms with Gasteiger partial charge >= 0.3 is 0 Å². The molecule has 1 aliphatic rings. The van der Waals surface area contributed by atoms with Gasteiger partial charge < -0.3 is 14.8 Å². The first kappa shape index (κ1) is 12.1. The van der Waals surface area contributed by atoms with Crippen LogP contribution in [0, 0.1) is 13.8 Å². The summed E-state index contributed by atoms with van der Waals surface area (Å²) < 4.78 is 1.96. The highest BCUT2D eigenvalue weighted by Gasteiger charge is 2.24. The Hall–Kier alpha value is -1.36. The van der Waals surface area contributed by atoms with Crippen LogP contribution in [0.3, 0.4) is 0 Å². The molecule has 1 amide bonds. The van der Waals surface area contributed by atoms with E-state index in [4.69, 9.17) is 0 Å². The Labute approximate surface area is 102 Å². The molecule has 0 aromatic carbocycles. The standard InChI is InChI=1S/C12H20N4O/c1-9-10(2)16(8-14-9)11(3)12(17)15-6-4-13-5-7-15/h8,11,13H,4-7H2,1-3H3. The molecule has 1 aliphatic heterocycles. The number of amides is 1. The van der Waals surface area contributed by atoms with Crippen molar-refractivity contribution in [2.75, 3.05) is 26.2 Å². The Morgan fingerprint density at radius 2 is 2.06 bits per heavy atom. The molecule has 0 saturated carbocycles. The molecular formula is C12H20N4O. The fourth-order valence-electron chi connectivity index (χ4n) is 2.17. The molecule has 1 saturated heterocycles. The van der Waals surface area contributed by atoms with E-state index in [9.17, 15) is 4.79 Å². The Balaban J connectivity index is 2.11. The minimum Gasteiger partial charge on any atom is -0.338 e. The topological polar surface area (TPSA) is 50.2 Å². The molecule has 94 valence electrons. The number of imidazole rings is 1. The average Bonchev–Trinajstić information content (AvgIpc) is 2.69. The van der Waals surface area contributed by atoms with Crippen LogP contribution in [-0.2, 0) is 4.79 Å². The summed E-state index contributed by atoms with van der Waals surface area (Å²) in [5, 5.41) is 3.25. The largest absolute Gasteiger partial charge is 0.338 e. The van der Waals surface area contributed by atoms with Gasteiger partial charge in [-0.2, -0.15) is 0 Å². The molecule has 0 spiro atoms. The van der Waals surface area contributed by atoms with Crippen molar-refractivity contribution in [1.82, 2.24) is 19.8 Å². The Bertz CT molecular complexity index is 407. The number of rotatable bonds is 2. The maximum absolute atomic E-state index is 12.3. The highest BCUT2D eigenvalue weighted by molar-refractivity contribution is 5.80. The van der Waals surface area contributed by atoms with Crippen molar-refractivity contribution in [3.63, 3.8) is 0 Å². The maximum Gasteiger partial charge on any atom is 0.245 e. The van der Waals surface area contributed by atoms with Crippen LogP contribution in [0.5, 0.6) is 0 Å². The lowest BCUT2D eigenvalue weighted by Gasteiger charge is -2.30. The summed E-state index contributed by atoms with van der Waals surface area (Å²) in [5.41, 5.74) is 2.06. The Kier molecular flexibility index (Phi) is 3.47. The van der Waals surface area contributed by atoms with Gasteiger partial charge in [0.05, 0.1) is 12.0 Å². The van der Waals surface area contributed by atoms with Crippen molar-refractivity contribution >= 4 is 5.91 Å². The lowest BCUT2D eigenvalue weighted by atomic mass is 10.2. The number of hydrogen-bond donors (Lipinski definition) is 1. The van der Waals surface area contributed by atoms with E-state index in [-0.39, 0.29) is 11.9 Å². The van der Waals surface area contributed by atoms with Gasteiger partial charge in [-0.3, -0.25) is 4.79 Å². The van der Waals surface area contributed by atoms with Crippen LogP contribution in [0.15, 0.2) is 6.33 Å². The number of nitrogens with zero attached hydrogens (tertiary/aromatic N) is 3. The molecule has 5 nitrogen and oxygen atoms in total. The second kappa shape index (κ2) is 4.87. The SMILES string of the molecule is Cc1ncn(C(C)C(=O)N2CCNCC2)c1C. The highest BCUT2D eigenvalue weighted by atomic mass is 16.2. The Morgan fingerprint density at radius 1 is 1.41 bits per heavy atom. The summed E-state index contributed by atoms with van der Waals surface area (Å²) in [7, 11) is 0. The van der Waals surface area contributed by atoms with Crippen LogP contribution >= 0.6 is 0 Å². The fraction of sp³-hybridized carbons (Fsp3) is 0.667. The molecule has 2 rings (SSSR count). The van der Waals surface area contributed by atoms with Crippen molar-refractivity contribution < 1.29 is 4.79 Å². The molecule has 2 heterocycles. The zero-order valence-corrected chi connectivity index (χ0v) is 10.7. The molecule has 1 fully saturated rings. The molecule has 1 aromatic heterocycles. The van der Waals surface area contributed by atoms with Crippen LogP contribution in [-0.4, -0.2) is 46.5 Å². The van der Waals surface area contributed by atoms with Gasteiger partial charge in [-0.15, -0.1) is 0 Å². The quantitative estimate of drug-likeness (QED) is 0.813. The zero-order valence-electron chi connectivity index (χ0n) is 10.7. The Morgan fingerprint density at radius 3 is 2.59 bits per heavy atom. The lowest BCUT2D eigenvalue weighted by molar-refractivity contribution is -0.134. The molecule has 1 N–H and O–H groups in total. The van der Waals surface area contributed by atoms with E-state index in [0.29, 0.717) is 0 Å². The van der Waals surface area contributed by atoms with E-state index in [1.54, 1.807) is 6.33 Å². The third kappa shape index (κ3) is 2.34. The number of aromatic nitrogens is 2. The second-order valence-electron chi connectivity index (χ2n) is 4.57. The van der Waals surface area contributed by atoms with Gasteiger partial charge in [0, 0.05) is 31.9 Å². The predicted octanol–water partition coefficient (Wildman–Crippen LogP) is 0.493. The summed E-state index contributed by atoms with van der Waals surface area (Å²) >= 11 is 0. The summed E-state index contributed by atoms with van der Waals surface area (Å²) in [4.78, 5) is 18.5. The average molecular weight is 236 g/mol. The van der Waals surface area contributed by atoms with Gasteiger partial charge in [0.2, 0.25) is 5.91 Å². The number of hydrogen-bond acceptors (Lipinski definition) is 3. The molecule has 17 heavy (non-hydrogen) atoms. The number of piperazine rings is 1. The highest BCUT2D eigenvalue weighted by Crippen LogP contribution is 2.15. The molecule has 1 unspecified atom stereocenters. The number of carbonyl (C=O) groups excluding carboxylic acids is 1. The second-order valence-corrected chi connectivity index (χ2v) is 4.57. The van der Waals surface area contributed by atoms with Crippen LogP contribution in [0.25, 0.3) is 0 Å². The first-order valence-electron chi connectivity index (χ1n) is 6.11. The zero-order chi connectivity index (χ0) is 12.4. The molecular weight excluding hydrogens is 216 g/mol. The van der Waals surface area contributed by atoms with Gasteiger partial charge in [0.15, 0.2) is 0 Å². The molecule has 0 radical (unpaired) electrons. The van der Waals surface area contributed by atoms with Crippen molar-refractivity contribution in [3.05, 3.63) is 17.7 Å². The fourth-order valence-corrected chi connectivity index (χ4v) is 2.17. The minimum absolute atomic E-state index is 0.158. The molecule has 1 atom stereocenters. The van der Waals surface area contributed by atoms with E-state index >= 15 is 0 Å². The van der Waals surface area contributed by atoms with Crippen LogP contribution in [0.2, 0.25) is 0 Å². The summed E-state index contributed by atoms with van der Waals surface area (Å²) in [6, 6.07) is -0.158. The number of nitrogens with one attached hydrogen (secondary N) is 1. The van der Waals surface area contributed by atoms with Crippen LogP contribution < -0.4 is 5.32 Å². The summed E-state index contributed by atoms with van der Waals surface area (Å²) in [5.74, 6) is 0.187. The van der Waals surface area contributed by atoms with E-state index in [1.165, 1.54) is 0 Å². The first-order valence-corrected chi connectivity index (χ1v) is 6.11. The normalized spacial score (nSPS) is 18.2. The molecule has 0 aliphatic carbocycles. The van der Waals surface area contributed by atoms with Crippen molar-refractivity contribution in [1.29, 1.82) is 0 Å². The summed E-state index contributed by atoms with van der Waals surface area (Å²) in [6.45, 7) is 9.29. The predicted molar refractivity (Wildman–Crippen MR) is 65.9 cm³/mol. The van der Waals surface area contributed by atoms with Gasteiger partial charge in [0.1, 0.15) is 6.04 Å². The van der Waals surface area contributed by atoms with Crippen molar-refractivity contribution in [2.45, 2.75) is 26.8 Å².